The van der Waals surface area contributed by atoms with Crippen LogP contribution in [-0.4, -0.2) is 25.6 Å². The van der Waals surface area contributed by atoms with Crippen molar-refractivity contribution in [2.24, 2.45) is 10.2 Å². The molecule has 0 aliphatic carbocycles. The first-order valence-corrected chi connectivity index (χ1v) is 7.34. The lowest BCUT2D eigenvalue weighted by atomic mass is 10.2. The molecule has 22 heavy (non-hydrogen) atoms. The van der Waals surface area contributed by atoms with Gasteiger partial charge in [-0.3, -0.25) is 0 Å². The fourth-order valence-corrected chi connectivity index (χ4v) is 1.83. The molecule has 0 amide bonds. The summed E-state index contributed by atoms with van der Waals surface area (Å²) >= 11 is 0. The molecular weight excluding hydrogens is 276 g/mol. The van der Waals surface area contributed by atoms with Crippen molar-refractivity contribution >= 4 is 12.4 Å². The molecule has 0 radical (unpaired) electrons. The highest BCUT2D eigenvalue weighted by molar-refractivity contribution is 5.82. The first-order chi connectivity index (χ1) is 10.8. The Kier molecular flexibility index (Phi) is 6.18. The third-order valence-corrected chi connectivity index (χ3v) is 2.86. The van der Waals surface area contributed by atoms with Gasteiger partial charge >= 0.3 is 0 Å². The van der Waals surface area contributed by atoms with Gasteiger partial charge in [0.15, 0.2) is 0 Å². The molecule has 0 unspecified atom stereocenters. The van der Waals surface area contributed by atoms with Crippen molar-refractivity contribution in [2.45, 2.75) is 13.8 Å². The standard InChI is InChI=1S/C18H20N2O2/c1-3-21-17-9-5-15(6-10-17)13-19-20-14-16-7-11-18(12-8-16)22-4-2/h5-14H,3-4H2,1-2H3/b19-13+,20-14?. The van der Waals surface area contributed by atoms with Crippen molar-refractivity contribution in [3.63, 3.8) is 0 Å². The molecule has 0 atom stereocenters. The molecule has 0 saturated heterocycles. The molecule has 2 aromatic carbocycles. The maximum atomic E-state index is 5.39. The zero-order chi connectivity index (χ0) is 15.6. The summed E-state index contributed by atoms with van der Waals surface area (Å²) in [5.74, 6) is 1.72. The molecular formula is C18H20N2O2. The van der Waals surface area contributed by atoms with Crippen molar-refractivity contribution in [2.75, 3.05) is 13.2 Å². The van der Waals surface area contributed by atoms with Gasteiger partial charge in [0.05, 0.1) is 25.6 Å². The second-order valence-corrected chi connectivity index (χ2v) is 4.49. The maximum absolute atomic E-state index is 5.39. The Balaban J connectivity index is 1.90. The Morgan fingerprint density at radius 1 is 0.682 bits per heavy atom. The Morgan fingerprint density at radius 2 is 1.05 bits per heavy atom. The first-order valence-electron chi connectivity index (χ1n) is 7.34. The van der Waals surface area contributed by atoms with Crippen LogP contribution in [0.25, 0.3) is 0 Å². The fraction of sp³-hybridized carbons (Fsp3) is 0.222. The van der Waals surface area contributed by atoms with E-state index in [1.807, 2.05) is 62.4 Å². The van der Waals surface area contributed by atoms with E-state index in [2.05, 4.69) is 10.2 Å². The van der Waals surface area contributed by atoms with E-state index in [9.17, 15) is 0 Å². The number of ether oxygens (including phenoxy) is 2. The Morgan fingerprint density at radius 3 is 1.36 bits per heavy atom. The Labute approximate surface area is 131 Å². The number of rotatable bonds is 7. The third-order valence-electron chi connectivity index (χ3n) is 2.86. The molecule has 0 heterocycles. The summed E-state index contributed by atoms with van der Waals surface area (Å²) in [5.41, 5.74) is 1.96. The van der Waals surface area contributed by atoms with Crippen LogP contribution in [0.4, 0.5) is 0 Å². The van der Waals surface area contributed by atoms with Crippen molar-refractivity contribution in [3.8, 4) is 11.5 Å². The molecule has 2 rings (SSSR count). The third kappa shape index (κ3) is 5.05. The zero-order valence-electron chi connectivity index (χ0n) is 12.9. The largest absolute Gasteiger partial charge is 0.494 e. The molecule has 0 spiro atoms. The highest BCUT2D eigenvalue weighted by atomic mass is 16.5. The van der Waals surface area contributed by atoms with Crippen LogP contribution in [-0.2, 0) is 0 Å². The molecule has 114 valence electrons. The maximum Gasteiger partial charge on any atom is 0.119 e. The summed E-state index contributed by atoms with van der Waals surface area (Å²) in [7, 11) is 0. The summed E-state index contributed by atoms with van der Waals surface area (Å²) in [6.45, 7) is 5.26. The number of hydrogen-bond acceptors (Lipinski definition) is 4. The lowest BCUT2D eigenvalue weighted by Crippen LogP contribution is -1.91. The van der Waals surface area contributed by atoms with Gasteiger partial charge in [-0.2, -0.15) is 10.2 Å². The van der Waals surface area contributed by atoms with Crippen LogP contribution < -0.4 is 9.47 Å². The van der Waals surface area contributed by atoms with Crippen molar-refractivity contribution in [3.05, 3.63) is 59.7 Å². The molecule has 4 heteroatoms. The molecule has 0 N–H and O–H groups in total. The first kappa shape index (κ1) is 15.8. The van der Waals surface area contributed by atoms with E-state index < -0.39 is 0 Å². The predicted molar refractivity (Wildman–Crippen MR) is 90.4 cm³/mol. The molecule has 0 aliphatic rings. The van der Waals surface area contributed by atoms with Gasteiger partial charge in [0.25, 0.3) is 0 Å². The van der Waals surface area contributed by atoms with Crippen LogP contribution >= 0.6 is 0 Å². The topological polar surface area (TPSA) is 43.2 Å². The van der Waals surface area contributed by atoms with Crippen LogP contribution in [0.1, 0.15) is 25.0 Å². The minimum atomic E-state index is 0.666. The summed E-state index contributed by atoms with van der Waals surface area (Å²) in [5, 5.41) is 8.09. The second-order valence-electron chi connectivity index (χ2n) is 4.49. The molecule has 0 aliphatic heterocycles. The van der Waals surface area contributed by atoms with Crippen molar-refractivity contribution < 1.29 is 9.47 Å². The average Bonchev–Trinajstić information content (AvgIpc) is 2.55. The van der Waals surface area contributed by atoms with E-state index in [-0.39, 0.29) is 0 Å². The normalized spacial score (nSPS) is 11.2. The molecule has 0 fully saturated rings. The van der Waals surface area contributed by atoms with Gasteiger partial charge in [-0.15, -0.1) is 0 Å². The monoisotopic (exact) mass is 296 g/mol. The Hall–Kier alpha value is -2.62. The Bertz CT molecular complexity index is 559. The van der Waals surface area contributed by atoms with Crippen molar-refractivity contribution in [1.29, 1.82) is 0 Å². The van der Waals surface area contributed by atoms with Crippen LogP contribution in [0.3, 0.4) is 0 Å². The van der Waals surface area contributed by atoms with Crippen LogP contribution in [0.2, 0.25) is 0 Å². The highest BCUT2D eigenvalue weighted by Crippen LogP contribution is 2.11. The van der Waals surface area contributed by atoms with Crippen LogP contribution in [0.15, 0.2) is 58.7 Å². The van der Waals surface area contributed by atoms with E-state index in [1.165, 1.54) is 0 Å². The van der Waals surface area contributed by atoms with E-state index in [0.717, 1.165) is 22.6 Å². The molecule has 0 saturated carbocycles. The molecule has 2 aromatic rings. The zero-order valence-corrected chi connectivity index (χ0v) is 12.9. The predicted octanol–water partition coefficient (Wildman–Crippen LogP) is 3.94. The number of hydrogen-bond donors (Lipinski definition) is 0. The quantitative estimate of drug-likeness (QED) is 0.574. The van der Waals surface area contributed by atoms with Crippen LogP contribution in [0, 0.1) is 0 Å². The summed E-state index contributed by atoms with van der Waals surface area (Å²) in [6.07, 6.45) is 3.42. The lowest BCUT2D eigenvalue weighted by molar-refractivity contribution is 0.340. The second kappa shape index (κ2) is 8.62. The van der Waals surface area contributed by atoms with Gasteiger partial charge in [-0.05, 0) is 73.5 Å². The minimum Gasteiger partial charge on any atom is -0.494 e. The highest BCUT2D eigenvalue weighted by Gasteiger charge is 1.93. The van der Waals surface area contributed by atoms with E-state index in [4.69, 9.17) is 9.47 Å². The van der Waals surface area contributed by atoms with Gasteiger partial charge in [0, 0.05) is 0 Å². The van der Waals surface area contributed by atoms with Crippen molar-refractivity contribution in [1.82, 2.24) is 0 Å². The van der Waals surface area contributed by atoms with Gasteiger partial charge in [-0.1, -0.05) is 0 Å². The molecule has 4 nitrogen and oxygen atoms in total. The summed E-state index contributed by atoms with van der Waals surface area (Å²) in [4.78, 5) is 0. The summed E-state index contributed by atoms with van der Waals surface area (Å²) < 4.78 is 10.8. The van der Waals surface area contributed by atoms with E-state index >= 15 is 0 Å². The van der Waals surface area contributed by atoms with Crippen LogP contribution in [0.5, 0.6) is 11.5 Å². The lowest BCUT2D eigenvalue weighted by Gasteiger charge is -2.01. The van der Waals surface area contributed by atoms with Gasteiger partial charge in [-0.25, -0.2) is 0 Å². The SMILES string of the molecule is CCOc1ccc(C=N/N=C/c2ccc(OCC)cc2)cc1. The fourth-order valence-electron chi connectivity index (χ4n) is 1.83. The number of nitrogens with zero attached hydrogens (tertiary/aromatic N) is 2. The van der Waals surface area contributed by atoms with Gasteiger partial charge in [0.2, 0.25) is 0 Å². The number of benzene rings is 2. The summed E-state index contributed by atoms with van der Waals surface area (Å²) in [6, 6.07) is 15.5. The van der Waals surface area contributed by atoms with E-state index in [1.54, 1.807) is 12.4 Å². The molecule has 0 aromatic heterocycles. The van der Waals surface area contributed by atoms with E-state index in [0.29, 0.717) is 13.2 Å². The van der Waals surface area contributed by atoms with Gasteiger partial charge in [0.1, 0.15) is 11.5 Å². The molecule has 0 bridgehead atoms. The van der Waals surface area contributed by atoms with Gasteiger partial charge < -0.3 is 9.47 Å². The minimum absolute atomic E-state index is 0.666. The smallest absolute Gasteiger partial charge is 0.119 e. The average molecular weight is 296 g/mol.